The zero-order valence-electron chi connectivity index (χ0n) is 20.0. The first-order valence-corrected chi connectivity index (χ1v) is 12.1. The SMILES string of the molecule is CCOc1ccc(C2C(C(=O)c3cc4cccc(OC)c4o3)=C(O)C(=O)N2C2CCCCC2)cc1. The van der Waals surface area contributed by atoms with E-state index in [-0.39, 0.29) is 17.4 Å². The fourth-order valence-corrected chi connectivity index (χ4v) is 5.27. The Morgan fingerprint density at radius 1 is 1.11 bits per heavy atom. The molecule has 1 saturated carbocycles. The Labute approximate surface area is 203 Å². The lowest BCUT2D eigenvalue weighted by Crippen LogP contribution is -2.41. The number of ketones is 1. The second kappa shape index (κ2) is 9.49. The number of amides is 1. The van der Waals surface area contributed by atoms with Crippen molar-refractivity contribution < 1.29 is 28.6 Å². The van der Waals surface area contributed by atoms with Crippen molar-refractivity contribution in [1.29, 1.82) is 0 Å². The van der Waals surface area contributed by atoms with E-state index in [9.17, 15) is 14.7 Å². The van der Waals surface area contributed by atoms with Crippen LogP contribution in [0, 0.1) is 0 Å². The average Bonchev–Trinajstić information content (AvgIpc) is 3.44. The zero-order chi connectivity index (χ0) is 24.5. The summed E-state index contributed by atoms with van der Waals surface area (Å²) in [4.78, 5) is 28.9. The molecule has 7 nitrogen and oxygen atoms in total. The quantitative estimate of drug-likeness (QED) is 0.438. The summed E-state index contributed by atoms with van der Waals surface area (Å²) < 4.78 is 16.8. The van der Waals surface area contributed by atoms with Crippen molar-refractivity contribution in [3.63, 3.8) is 0 Å². The predicted molar refractivity (Wildman–Crippen MR) is 131 cm³/mol. The fraction of sp³-hybridized carbons (Fsp3) is 0.357. The Morgan fingerprint density at radius 3 is 2.54 bits per heavy atom. The Hall–Kier alpha value is -3.74. The maximum Gasteiger partial charge on any atom is 0.290 e. The van der Waals surface area contributed by atoms with E-state index < -0.39 is 23.5 Å². The van der Waals surface area contributed by atoms with Gasteiger partial charge in [-0.2, -0.15) is 0 Å². The number of fused-ring (bicyclic) bond motifs is 1. The van der Waals surface area contributed by atoms with Gasteiger partial charge in [0.15, 0.2) is 22.9 Å². The molecular weight excluding hydrogens is 446 g/mol. The van der Waals surface area contributed by atoms with Gasteiger partial charge in [-0.15, -0.1) is 0 Å². The monoisotopic (exact) mass is 475 g/mol. The number of aliphatic hydroxyl groups excluding tert-OH is 1. The minimum atomic E-state index is -0.705. The number of para-hydroxylation sites is 1. The molecule has 35 heavy (non-hydrogen) atoms. The summed E-state index contributed by atoms with van der Waals surface area (Å²) in [6, 6.07) is 13.6. The molecule has 1 amide bonds. The van der Waals surface area contributed by atoms with E-state index in [4.69, 9.17) is 13.9 Å². The van der Waals surface area contributed by atoms with Crippen LogP contribution in [0.1, 0.15) is 61.2 Å². The largest absolute Gasteiger partial charge is 0.503 e. The molecule has 0 bridgehead atoms. The molecule has 1 N–H and O–H groups in total. The van der Waals surface area contributed by atoms with Crippen molar-refractivity contribution in [2.24, 2.45) is 0 Å². The summed E-state index contributed by atoms with van der Waals surface area (Å²) in [5.74, 6) is -0.254. The molecule has 1 aliphatic heterocycles. The lowest BCUT2D eigenvalue weighted by atomic mass is 9.90. The highest BCUT2D eigenvalue weighted by Gasteiger charge is 2.47. The lowest BCUT2D eigenvalue weighted by Gasteiger charge is -2.36. The van der Waals surface area contributed by atoms with Gasteiger partial charge in [-0.05, 0) is 49.6 Å². The van der Waals surface area contributed by atoms with Crippen molar-refractivity contribution in [1.82, 2.24) is 4.90 Å². The van der Waals surface area contributed by atoms with Gasteiger partial charge in [-0.25, -0.2) is 0 Å². The molecule has 182 valence electrons. The summed E-state index contributed by atoms with van der Waals surface area (Å²) in [5, 5.41) is 11.7. The number of aliphatic hydroxyl groups is 1. The third kappa shape index (κ3) is 4.05. The maximum atomic E-state index is 13.8. The van der Waals surface area contributed by atoms with E-state index >= 15 is 0 Å². The van der Waals surface area contributed by atoms with Crippen LogP contribution in [-0.2, 0) is 4.79 Å². The fourth-order valence-electron chi connectivity index (χ4n) is 5.27. The molecule has 1 fully saturated rings. The predicted octanol–water partition coefficient (Wildman–Crippen LogP) is 5.75. The molecule has 1 unspecified atom stereocenters. The van der Waals surface area contributed by atoms with E-state index in [1.807, 2.05) is 43.3 Å². The van der Waals surface area contributed by atoms with Crippen LogP contribution in [0.2, 0.25) is 0 Å². The molecule has 1 aliphatic carbocycles. The van der Waals surface area contributed by atoms with E-state index in [0.29, 0.717) is 29.1 Å². The summed E-state index contributed by atoms with van der Waals surface area (Å²) in [6.07, 6.45) is 4.83. The van der Waals surface area contributed by atoms with Crippen LogP contribution in [0.5, 0.6) is 11.5 Å². The number of furan rings is 1. The van der Waals surface area contributed by atoms with Crippen LogP contribution >= 0.6 is 0 Å². The van der Waals surface area contributed by atoms with Gasteiger partial charge in [0, 0.05) is 11.4 Å². The van der Waals surface area contributed by atoms with Crippen LogP contribution in [0.15, 0.2) is 64.3 Å². The number of ether oxygens (including phenoxy) is 2. The van der Waals surface area contributed by atoms with Crippen molar-refractivity contribution in [3.8, 4) is 11.5 Å². The number of Topliss-reactive ketones (excluding diaryl/α,β-unsaturated/α-hetero) is 1. The van der Waals surface area contributed by atoms with Gasteiger partial charge in [0.2, 0.25) is 5.78 Å². The topological polar surface area (TPSA) is 89.2 Å². The van der Waals surface area contributed by atoms with Crippen LogP contribution < -0.4 is 9.47 Å². The molecule has 0 radical (unpaired) electrons. The first kappa shape index (κ1) is 23.0. The van der Waals surface area contributed by atoms with Crippen molar-refractivity contribution in [2.45, 2.75) is 51.1 Å². The Kier molecular flexibility index (Phi) is 6.24. The normalized spacial score (nSPS) is 19.0. The van der Waals surface area contributed by atoms with E-state index in [1.165, 1.54) is 7.11 Å². The lowest BCUT2D eigenvalue weighted by molar-refractivity contribution is -0.132. The van der Waals surface area contributed by atoms with E-state index in [1.54, 1.807) is 17.0 Å². The van der Waals surface area contributed by atoms with Crippen LogP contribution in [-0.4, -0.2) is 41.5 Å². The Morgan fingerprint density at radius 2 is 1.86 bits per heavy atom. The first-order valence-electron chi connectivity index (χ1n) is 12.1. The molecule has 3 aromatic rings. The highest BCUT2D eigenvalue weighted by Crippen LogP contribution is 2.43. The molecule has 2 heterocycles. The molecule has 0 spiro atoms. The summed E-state index contributed by atoms with van der Waals surface area (Å²) in [5.41, 5.74) is 1.24. The third-order valence-corrected chi connectivity index (χ3v) is 6.92. The van der Waals surface area contributed by atoms with E-state index in [2.05, 4.69) is 0 Å². The second-order valence-corrected chi connectivity index (χ2v) is 8.99. The van der Waals surface area contributed by atoms with Gasteiger partial charge in [0.05, 0.1) is 25.3 Å². The Balaban J connectivity index is 1.59. The van der Waals surface area contributed by atoms with Crippen molar-refractivity contribution in [3.05, 3.63) is 71.2 Å². The smallest absolute Gasteiger partial charge is 0.290 e. The van der Waals surface area contributed by atoms with E-state index in [0.717, 1.165) is 37.7 Å². The van der Waals surface area contributed by atoms with Crippen LogP contribution in [0.3, 0.4) is 0 Å². The highest BCUT2D eigenvalue weighted by atomic mass is 16.5. The third-order valence-electron chi connectivity index (χ3n) is 6.92. The number of benzene rings is 2. The highest BCUT2D eigenvalue weighted by molar-refractivity contribution is 6.16. The molecule has 2 aromatic carbocycles. The summed E-state index contributed by atoms with van der Waals surface area (Å²) >= 11 is 0. The minimum absolute atomic E-state index is 0.0442. The number of carbonyl (C=O) groups excluding carboxylic acids is 2. The number of carbonyl (C=O) groups is 2. The zero-order valence-corrected chi connectivity index (χ0v) is 20.0. The molecule has 0 saturated heterocycles. The summed E-state index contributed by atoms with van der Waals surface area (Å²) in [6.45, 7) is 2.45. The maximum absolute atomic E-state index is 13.8. The molecule has 1 atom stereocenters. The second-order valence-electron chi connectivity index (χ2n) is 8.99. The number of nitrogens with zero attached hydrogens (tertiary/aromatic N) is 1. The standard InChI is InChI=1S/C28H29NO6/c1-3-34-20-14-12-17(13-15-20)24-23(26(31)28(32)29(24)19-9-5-4-6-10-19)25(30)22-16-18-8-7-11-21(33-2)27(18)35-22/h7-8,11-16,19,24,31H,3-6,9-10H2,1-2H3. The molecule has 1 aromatic heterocycles. The van der Waals surface area contributed by atoms with Gasteiger partial charge in [-0.3, -0.25) is 9.59 Å². The van der Waals surface area contributed by atoms with Crippen molar-refractivity contribution >= 4 is 22.7 Å². The van der Waals surface area contributed by atoms with Gasteiger partial charge in [0.1, 0.15) is 5.75 Å². The first-order chi connectivity index (χ1) is 17.0. The number of hydrogen-bond acceptors (Lipinski definition) is 6. The minimum Gasteiger partial charge on any atom is -0.503 e. The average molecular weight is 476 g/mol. The summed E-state index contributed by atoms with van der Waals surface area (Å²) in [7, 11) is 1.53. The van der Waals surface area contributed by atoms with Gasteiger partial charge in [0.25, 0.3) is 5.91 Å². The van der Waals surface area contributed by atoms with Crippen LogP contribution in [0.25, 0.3) is 11.0 Å². The molecule has 2 aliphatic rings. The van der Waals surface area contributed by atoms with Crippen LogP contribution in [0.4, 0.5) is 0 Å². The number of rotatable bonds is 7. The van der Waals surface area contributed by atoms with Gasteiger partial charge in [-0.1, -0.05) is 43.5 Å². The van der Waals surface area contributed by atoms with Crippen molar-refractivity contribution in [2.75, 3.05) is 13.7 Å². The number of methoxy groups -OCH3 is 1. The number of hydrogen-bond donors (Lipinski definition) is 1. The molecular formula is C28H29NO6. The van der Waals surface area contributed by atoms with Gasteiger partial charge >= 0.3 is 0 Å². The molecule has 5 rings (SSSR count). The Bertz CT molecular complexity index is 1280. The molecule has 7 heteroatoms. The van der Waals surface area contributed by atoms with Gasteiger partial charge < -0.3 is 23.9 Å².